The van der Waals surface area contributed by atoms with E-state index < -0.39 is 6.04 Å². The van der Waals surface area contributed by atoms with Gasteiger partial charge in [0.05, 0.1) is 6.42 Å². The number of amides is 2. The molecule has 1 saturated heterocycles. The Labute approximate surface area is 150 Å². The number of benzene rings is 1. The van der Waals surface area contributed by atoms with Crippen LogP contribution in [0.2, 0.25) is 0 Å². The molecule has 1 aromatic rings. The van der Waals surface area contributed by atoms with E-state index in [-0.39, 0.29) is 30.1 Å². The Hall–Kier alpha value is -1.59. The lowest BCUT2D eigenvalue weighted by Crippen LogP contribution is -2.58. The monoisotopic (exact) mass is 353 g/mol. The molecule has 2 unspecified atom stereocenters. The predicted molar refractivity (Wildman–Crippen MR) is 98.2 cm³/mol. The summed E-state index contributed by atoms with van der Waals surface area (Å²) in [6.45, 7) is 8.19. The van der Waals surface area contributed by atoms with Crippen LogP contribution >= 0.6 is 12.4 Å². The second-order valence-electron chi connectivity index (χ2n) is 6.59. The van der Waals surface area contributed by atoms with Gasteiger partial charge in [-0.05, 0) is 18.4 Å². The topological polar surface area (TPSA) is 61.4 Å². The molecule has 2 amide bonds. The van der Waals surface area contributed by atoms with Gasteiger partial charge >= 0.3 is 0 Å². The van der Waals surface area contributed by atoms with Crippen LogP contribution in [0.4, 0.5) is 0 Å². The van der Waals surface area contributed by atoms with Crippen molar-refractivity contribution < 1.29 is 9.59 Å². The third kappa shape index (κ3) is 5.80. The molecule has 1 heterocycles. The molecule has 0 saturated carbocycles. The summed E-state index contributed by atoms with van der Waals surface area (Å²) in [5, 5.41) is 6.25. The number of carbonyl (C=O) groups excluding carboxylic acids is 2. The predicted octanol–water partition coefficient (Wildman–Crippen LogP) is 1.61. The van der Waals surface area contributed by atoms with Crippen molar-refractivity contribution in [2.75, 3.05) is 19.6 Å². The van der Waals surface area contributed by atoms with Gasteiger partial charge in [-0.1, -0.05) is 44.2 Å². The van der Waals surface area contributed by atoms with Crippen LogP contribution in [-0.4, -0.2) is 48.4 Å². The summed E-state index contributed by atoms with van der Waals surface area (Å²) in [7, 11) is 0. The SMILES string of the molecule is CC1CN(C(=O)C(NC(=O)Cc2ccccc2)C(C)C)CCN1.Cl. The average molecular weight is 354 g/mol. The van der Waals surface area contributed by atoms with Crippen LogP contribution in [0.15, 0.2) is 30.3 Å². The Bertz CT molecular complexity index is 536. The highest BCUT2D eigenvalue weighted by molar-refractivity contribution is 5.88. The van der Waals surface area contributed by atoms with Gasteiger partial charge in [-0.15, -0.1) is 12.4 Å². The number of halogens is 1. The van der Waals surface area contributed by atoms with Crippen LogP contribution in [0, 0.1) is 5.92 Å². The van der Waals surface area contributed by atoms with Crippen LogP contribution in [0.3, 0.4) is 0 Å². The summed E-state index contributed by atoms with van der Waals surface area (Å²) < 4.78 is 0. The first-order valence-corrected chi connectivity index (χ1v) is 8.33. The molecule has 1 fully saturated rings. The molecule has 2 atom stereocenters. The molecule has 0 aromatic heterocycles. The summed E-state index contributed by atoms with van der Waals surface area (Å²) in [6.07, 6.45) is 0.301. The molecule has 0 bridgehead atoms. The molecule has 0 aliphatic carbocycles. The average Bonchev–Trinajstić information content (AvgIpc) is 2.52. The van der Waals surface area contributed by atoms with Crippen molar-refractivity contribution in [2.24, 2.45) is 5.92 Å². The van der Waals surface area contributed by atoms with E-state index in [0.29, 0.717) is 25.6 Å². The van der Waals surface area contributed by atoms with E-state index in [4.69, 9.17) is 0 Å². The van der Waals surface area contributed by atoms with Gasteiger partial charge in [0.2, 0.25) is 11.8 Å². The molecular formula is C18H28ClN3O2. The molecule has 2 N–H and O–H groups in total. The molecule has 24 heavy (non-hydrogen) atoms. The maximum atomic E-state index is 12.8. The third-order valence-electron chi connectivity index (χ3n) is 4.14. The van der Waals surface area contributed by atoms with Gasteiger partial charge in [0.25, 0.3) is 0 Å². The third-order valence-corrected chi connectivity index (χ3v) is 4.14. The quantitative estimate of drug-likeness (QED) is 0.845. The summed E-state index contributed by atoms with van der Waals surface area (Å²) in [5.74, 6) is -0.0198. The van der Waals surface area contributed by atoms with Crippen LogP contribution in [0.25, 0.3) is 0 Å². The van der Waals surface area contributed by atoms with Gasteiger partial charge < -0.3 is 15.5 Å². The largest absolute Gasteiger partial charge is 0.344 e. The first-order valence-electron chi connectivity index (χ1n) is 8.33. The minimum Gasteiger partial charge on any atom is -0.344 e. The number of piperazine rings is 1. The smallest absolute Gasteiger partial charge is 0.245 e. The van der Waals surface area contributed by atoms with E-state index >= 15 is 0 Å². The summed E-state index contributed by atoms with van der Waals surface area (Å²) in [5.41, 5.74) is 0.954. The lowest BCUT2D eigenvalue weighted by Gasteiger charge is -2.35. The van der Waals surface area contributed by atoms with Crippen molar-refractivity contribution in [3.05, 3.63) is 35.9 Å². The van der Waals surface area contributed by atoms with Gasteiger partial charge in [0.15, 0.2) is 0 Å². The Balaban J connectivity index is 0.00000288. The zero-order valence-corrected chi connectivity index (χ0v) is 15.4. The van der Waals surface area contributed by atoms with Crippen LogP contribution in [0.5, 0.6) is 0 Å². The van der Waals surface area contributed by atoms with Crippen molar-refractivity contribution in [1.29, 1.82) is 0 Å². The van der Waals surface area contributed by atoms with Crippen LogP contribution in [-0.2, 0) is 16.0 Å². The molecule has 5 nitrogen and oxygen atoms in total. The molecule has 134 valence electrons. The molecule has 6 heteroatoms. The van der Waals surface area contributed by atoms with E-state index in [1.54, 1.807) is 0 Å². The zero-order chi connectivity index (χ0) is 16.8. The van der Waals surface area contributed by atoms with E-state index in [1.165, 1.54) is 0 Å². The Morgan fingerprint density at radius 2 is 1.96 bits per heavy atom. The normalized spacial score (nSPS) is 18.7. The second kappa shape index (κ2) is 9.64. The van der Waals surface area contributed by atoms with Gasteiger partial charge in [-0.25, -0.2) is 0 Å². The number of hydrogen-bond acceptors (Lipinski definition) is 3. The number of carbonyl (C=O) groups is 2. The van der Waals surface area contributed by atoms with E-state index in [2.05, 4.69) is 17.6 Å². The van der Waals surface area contributed by atoms with Crippen molar-refractivity contribution in [1.82, 2.24) is 15.5 Å². The molecule has 1 aliphatic heterocycles. The van der Waals surface area contributed by atoms with E-state index in [9.17, 15) is 9.59 Å². The molecule has 0 radical (unpaired) electrons. The Morgan fingerprint density at radius 3 is 2.54 bits per heavy atom. The summed E-state index contributed by atoms with van der Waals surface area (Å²) in [6, 6.07) is 9.42. The molecule has 1 aromatic carbocycles. The number of nitrogens with one attached hydrogen (secondary N) is 2. The summed E-state index contributed by atoms with van der Waals surface area (Å²) in [4.78, 5) is 26.9. The highest BCUT2D eigenvalue weighted by Crippen LogP contribution is 2.10. The maximum Gasteiger partial charge on any atom is 0.245 e. The second-order valence-corrected chi connectivity index (χ2v) is 6.59. The number of rotatable bonds is 5. The van der Waals surface area contributed by atoms with Gasteiger partial charge in [-0.3, -0.25) is 9.59 Å². The number of nitrogens with zero attached hydrogens (tertiary/aromatic N) is 1. The van der Waals surface area contributed by atoms with Crippen LogP contribution < -0.4 is 10.6 Å². The van der Waals surface area contributed by atoms with Gasteiger partial charge in [0, 0.05) is 25.7 Å². The fraction of sp³-hybridized carbons (Fsp3) is 0.556. The van der Waals surface area contributed by atoms with Crippen molar-refractivity contribution in [3.63, 3.8) is 0 Å². The Kier molecular flexibility index (Phi) is 8.22. The highest BCUT2D eigenvalue weighted by Gasteiger charge is 2.30. The van der Waals surface area contributed by atoms with E-state index in [0.717, 1.165) is 12.1 Å². The lowest BCUT2D eigenvalue weighted by atomic mass is 10.0. The minimum absolute atomic E-state index is 0. The van der Waals surface area contributed by atoms with Crippen molar-refractivity contribution in [3.8, 4) is 0 Å². The van der Waals surface area contributed by atoms with Gasteiger partial charge in [-0.2, -0.15) is 0 Å². The van der Waals surface area contributed by atoms with Crippen molar-refractivity contribution >= 4 is 24.2 Å². The fourth-order valence-corrected chi connectivity index (χ4v) is 2.85. The lowest BCUT2D eigenvalue weighted by molar-refractivity contribution is -0.138. The highest BCUT2D eigenvalue weighted by atomic mass is 35.5. The molecule has 0 spiro atoms. The standard InChI is InChI=1S/C18H27N3O2.ClH/c1-13(2)17(18(23)21-10-9-19-14(3)12-21)20-16(22)11-15-7-5-4-6-8-15;/h4-8,13-14,17,19H,9-12H2,1-3H3,(H,20,22);1H. The zero-order valence-electron chi connectivity index (χ0n) is 14.6. The first-order chi connectivity index (χ1) is 11.0. The maximum absolute atomic E-state index is 12.8. The van der Waals surface area contributed by atoms with Gasteiger partial charge in [0.1, 0.15) is 6.04 Å². The molecular weight excluding hydrogens is 326 g/mol. The van der Waals surface area contributed by atoms with E-state index in [1.807, 2.05) is 49.1 Å². The Morgan fingerprint density at radius 1 is 1.29 bits per heavy atom. The minimum atomic E-state index is -0.462. The first kappa shape index (κ1) is 20.5. The van der Waals surface area contributed by atoms with Crippen molar-refractivity contribution in [2.45, 2.75) is 39.3 Å². The number of hydrogen-bond donors (Lipinski definition) is 2. The summed E-state index contributed by atoms with van der Waals surface area (Å²) >= 11 is 0. The fourth-order valence-electron chi connectivity index (χ4n) is 2.85. The van der Waals surface area contributed by atoms with Crippen LogP contribution in [0.1, 0.15) is 26.3 Å². The molecule has 1 aliphatic rings. The molecule has 2 rings (SSSR count).